The lowest BCUT2D eigenvalue weighted by molar-refractivity contribution is -0.149. The summed E-state index contributed by atoms with van der Waals surface area (Å²) in [4.78, 5) is 0. The second kappa shape index (κ2) is 3.15. The molecule has 2 bridgehead atoms. The van der Waals surface area contributed by atoms with Gasteiger partial charge in [-0.15, -0.1) is 0 Å². The first kappa shape index (κ1) is 10.7. The zero-order valence-corrected chi connectivity index (χ0v) is 11.0. The van der Waals surface area contributed by atoms with Crippen molar-refractivity contribution in [3.8, 4) is 5.75 Å². The van der Waals surface area contributed by atoms with E-state index in [4.69, 9.17) is 4.74 Å². The van der Waals surface area contributed by atoms with E-state index >= 15 is 0 Å². The van der Waals surface area contributed by atoms with Crippen LogP contribution in [0.15, 0.2) is 18.2 Å². The second-order valence-corrected chi connectivity index (χ2v) is 6.65. The maximum absolute atomic E-state index is 11.5. The molecule has 3 nitrogen and oxygen atoms in total. The van der Waals surface area contributed by atoms with Gasteiger partial charge in [-0.05, 0) is 50.3 Å². The van der Waals surface area contributed by atoms with Crippen LogP contribution in [0.5, 0.6) is 5.75 Å². The Bertz CT molecular complexity index is 572. The van der Waals surface area contributed by atoms with Gasteiger partial charge in [-0.25, -0.2) is 0 Å². The normalized spacial score (nSPS) is 45.5. The molecule has 1 unspecified atom stereocenters. The summed E-state index contributed by atoms with van der Waals surface area (Å²) in [6.45, 7) is 1.00. The number of piperidine rings is 1. The minimum Gasteiger partial charge on any atom is -0.489 e. The topological polar surface area (TPSA) is 41.5 Å². The first-order valence-corrected chi connectivity index (χ1v) is 7.50. The highest BCUT2D eigenvalue weighted by Gasteiger charge is 2.69. The van der Waals surface area contributed by atoms with E-state index in [0.717, 1.165) is 44.4 Å². The van der Waals surface area contributed by atoms with Crippen LogP contribution in [0.2, 0.25) is 0 Å². The van der Waals surface area contributed by atoms with Crippen LogP contribution in [0.1, 0.15) is 36.8 Å². The predicted molar refractivity (Wildman–Crippen MR) is 71.4 cm³/mol. The Morgan fingerprint density at radius 1 is 1.32 bits per heavy atom. The average Bonchev–Trinajstić information content (AvgIpc) is 2.71. The molecule has 3 heteroatoms. The van der Waals surface area contributed by atoms with Crippen molar-refractivity contribution in [2.24, 2.45) is 0 Å². The number of ether oxygens (including phenoxy) is 1. The van der Waals surface area contributed by atoms with Crippen LogP contribution in [-0.2, 0) is 11.8 Å². The summed E-state index contributed by atoms with van der Waals surface area (Å²) < 4.78 is 6.26. The molecule has 0 amide bonds. The minimum absolute atomic E-state index is 0.134. The molecule has 2 N–H and O–H groups in total. The summed E-state index contributed by atoms with van der Waals surface area (Å²) in [6, 6.07) is 6.62. The first-order valence-electron chi connectivity index (χ1n) is 7.50. The van der Waals surface area contributed by atoms with Crippen LogP contribution in [0.3, 0.4) is 0 Å². The Morgan fingerprint density at radius 2 is 2.26 bits per heavy atom. The molecule has 4 aliphatic rings. The number of hydrogen-bond acceptors (Lipinski definition) is 3. The van der Waals surface area contributed by atoms with Gasteiger partial charge < -0.3 is 15.2 Å². The fourth-order valence-corrected chi connectivity index (χ4v) is 5.41. The molecule has 2 aliphatic carbocycles. The monoisotopic (exact) mass is 257 g/mol. The zero-order valence-electron chi connectivity index (χ0n) is 11.0. The predicted octanol–water partition coefficient (Wildman–Crippen LogP) is 1.52. The fraction of sp³-hybridized carbons (Fsp3) is 0.625. The van der Waals surface area contributed by atoms with Crippen molar-refractivity contribution in [2.75, 3.05) is 6.54 Å². The van der Waals surface area contributed by atoms with Gasteiger partial charge in [-0.1, -0.05) is 12.1 Å². The van der Waals surface area contributed by atoms with E-state index in [9.17, 15) is 5.11 Å². The summed E-state index contributed by atoms with van der Waals surface area (Å²) in [7, 11) is 0. The van der Waals surface area contributed by atoms with E-state index < -0.39 is 5.60 Å². The molecule has 2 heterocycles. The maximum Gasteiger partial charge on any atom is 0.124 e. The molecule has 1 aromatic carbocycles. The van der Waals surface area contributed by atoms with Gasteiger partial charge >= 0.3 is 0 Å². The van der Waals surface area contributed by atoms with Crippen molar-refractivity contribution in [3.63, 3.8) is 0 Å². The molecule has 1 saturated heterocycles. The summed E-state index contributed by atoms with van der Waals surface area (Å²) in [5, 5.41) is 15.0. The van der Waals surface area contributed by atoms with Crippen LogP contribution >= 0.6 is 0 Å². The Kier molecular flexibility index (Phi) is 1.78. The van der Waals surface area contributed by atoms with E-state index in [1.807, 2.05) is 0 Å². The Balaban J connectivity index is 1.87. The number of hydrogen-bond donors (Lipinski definition) is 2. The van der Waals surface area contributed by atoms with E-state index in [2.05, 4.69) is 23.5 Å². The second-order valence-electron chi connectivity index (χ2n) is 6.65. The third kappa shape index (κ3) is 0.986. The van der Waals surface area contributed by atoms with Gasteiger partial charge in [0, 0.05) is 11.6 Å². The van der Waals surface area contributed by atoms with Crippen LogP contribution in [0.4, 0.5) is 0 Å². The standard InChI is InChI=1S/C16H19NO2/c18-16-6-2-5-13-15(16)7-8-17-12(16)9-10-3-1-4-11(19-13)14(10)15/h1,3-4,12-13,17-18H,2,5-9H2/t12-,13?,15-,16-/m1/s1. The molecule has 2 fully saturated rings. The number of rotatable bonds is 0. The van der Waals surface area contributed by atoms with Crippen LogP contribution in [0, 0.1) is 0 Å². The number of nitrogens with one attached hydrogen (secondary N) is 1. The van der Waals surface area contributed by atoms with Gasteiger partial charge in [0.1, 0.15) is 11.9 Å². The van der Waals surface area contributed by atoms with Gasteiger partial charge in [-0.3, -0.25) is 0 Å². The molecule has 1 saturated carbocycles. The van der Waals surface area contributed by atoms with Crippen molar-refractivity contribution in [1.29, 1.82) is 0 Å². The largest absolute Gasteiger partial charge is 0.489 e. The highest BCUT2D eigenvalue weighted by molar-refractivity contribution is 5.56. The van der Waals surface area contributed by atoms with Crippen LogP contribution < -0.4 is 10.1 Å². The van der Waals surface area contributed by atoms with Gasteiger partial charge in [0.2, 0.25) is 0 Å². The lowest BCUT2D eigenvalue weighted by atomic mass is 9.49. The Hall–Kier alpha value is -1.06. The fourth-order valence-electron chi connectivity index (χ4n) is 5.41. The quantitative estimate of drug-likeness (QED) is 0.740. The first-order chi connectivity index (χ1) is 9.26. The number of benzene rings is 1. The molecule has 2 aliphatic heterocycles. The summed E-state index contributed by atoms with van der Waals surface area (Å²) in [5.74, 6) is 1.04. The molecule has 1 aromatic rings. The summed E-state index contributed by atoms with van der Waals surface area (Å²) in [5.41, 5.74) is 2.00. The highest BCUT2D eigenvalue weighted by Crippen LogP contribution is 2.62. The minimum atomic E-state index is -0.603. The van der Waals surface area contributed by atoms with Crippen molar-refractivity contribution >= 4 is 0 Å². The van der Waals surface area contributed by atoms with Gasteiger partial charge in [-0.2, -0.15) is 0 Å². The van der Waals surface area contributed by atoms with E-state index in [1.54, 1.807) is 0 Å². The lowest BCUT2D eigenvalue weighted by Crippen LogP contribution is -2.74. The van der Waals surface area contributed by atoms with Crippen LogP contribution in [0.25, 0.3) is 0 Å². The lowest BCUT2D eigenvalue weighted by Gasteiger charge is -2.60. The SMILES string of the molecule is O[C@@]12CCCC3Oc4cccc5c4[C@@]31CCN[C@@H]2C5. The molecule has 4 atom stereocenters. The molecular weight excluding hydrogens is 238 g/mol. The molecule has 0 radical (unpaired) electrons. The van der Waals surface area contributed by atoms with E-state index in [0.29, 0.717) is 0 Å². The highest BCUT2D eigenvalue weighted by atomic mass is 16.5. The summed E-state index contributed by atoms with van der Waals surface area (Å²) in [6.07, 6.45) is 5.21. The van der Waals surface area contributed by atoms with Gasteiger partial charge in [0.05, 0.1) is 11.0 Å². The Labute approximate surface area is 113 Å². The number of aliphatic hydroxyl groups is 1. The van der Waals surface area contributed by atoms with Crippen molar-refractivity contribution in [3.05, 3.63) is 29.3 Å². The summed E-state index contributed by atoms with van der Waals surface area (Å²) >= 11 is 0. The van der Waals surface area contributed by atoms with Crippen molar-refractivity contribution in [1.82, 2.24) is 5.32 Å². The van der Waals surface area contributed by atoms with Crippen molar-refractivity contribution in [2.45, 2.75) is 55.3 Å². The third-order valence-electron chi connectivity index (χ3n) is 6.08. The molecule has 5 rings (SSSR count). The Morgan fingerprint density at radius 3 is 3.21 bits per heavy atom. The van der Waals surface area contributed by atoms with E-state index in [-0.39, 0.29) is 17.6 Å². The smallest absolute Gasteiger partial charge is 0.124 e. The van der Waals surface area contributed by atoms with Gasteiger partial charge in [0.15, 0.2) is 0 Å². The molecule has 0 aromatic heterocycles. The van der Waals surface area contributed by atoms with Crippen LogP contribution in [-0.4, -0.2) is 29.4 Å². The molecule has 100 valence electrons. The van der Waals surface area contributed by atoms with Gasteiger partial charge in [0.25, 0.3) is 0 Å². The molecular formula is C16H19NO2. The molecule has 1 spiro atoms. The molecule has 19 heavy (non-hydrogen) atoms. The van der Waals surface area contributed by atoms with Crippen molar-refractivity contribution < 1.29 is 9.84 Å². The third-order valence-corrected chi connectivity index (χ3v) is 6.08. The average molecular weight is 257 g/mol. The zero-order chi connectivity index (χ0) is 12.7. The van der Waals surface area contributed by atoms with E-state index in [1.165, 1.54) is 11.1 Å². The maximum atomic E-state index is 11.5.